The van der Waals surface area contributed by atoms with E-state index in [0.29, 0.717) is 24.0 Å². The molecule has 1 amide bonds. The van der Waals surface area contributed by atoms with Gasteiger partial charge in [0.15, 0.2) is 0 Å². The van der Waals surface area contributed by atoms with E-state index >= 15 is 0 Å². The van der Waals surface area contributed by atoms with Crippen molar-refractivity contribution < 1.29 is 14.3 Å². The highest BCUT2D eigenvalue weighted by molar-refractivity contribution is 5.76. The number of rotatable bonds is 5. The number of hydrogen-bond donors (Lipinski definition) is 0. The van der Waals surface area contributed by atoms with E-state index in [1.54, 1.807) is 7.11 Å². The fourth-order valence-electron chi connectivity index (χ4n) is 4.25. The number of likely N-dealkylation sites (tertiary alicyclic amines) is 1. The van der Waals surface area contributed by atoms with Crippen LogP contribution in [0.15, 0.2) is 0 Å². The molecule has 126 valence electrons. The van der Waals surface area contributed by atoms with Gasteiger partial charge in [0.1, 0.15) is 0 Å². The molecule has 0 aromatic carbocycles. The summed E-state index contributed by atoms with van der Waals surface area (Å²) < 4.78 is 11.2. The van der Waals surface area contributed by atoms with Crippen LogP contribution in [0, 0.1) is 5.92 Å². The summed E-state index contributed by atoms with van der Waals surface area (Å²) in [6.45, 7) is 5.14. The molecule has 2 saturated heterocycles. The number of carbonyl (C=O) groups excluding carboxylic acids is 1. The van der Waals surface area contributed by atoms with Gasteiger partial charge >= 0.3 is 0 Å². The monoisotopic (exact) mass is 310 g/mol. The molecule has 1 saturated carbocycles. The van der Waals surface area contributed by atoms with E-state index in [0.717, 1.165) is 52.2 Å². The minimum absolute atomic E-state index is 0.293. The maximum atomic E-state index is 12.6. The fraction of sp³-hybridized carbons (Fsp3) is 0.941. The molecule has 3 aliphatic rings. The van der Waals surface area contributed by atoms with Gasteiger partial charge in [-0.15, -0.1) is 0 Å². The Labute approximate surface area is 133 Å². The zero-order chi connectivity index (χ0) is 15.4. The third-order valence-electron chi connectivity index (χ3n) is 5.57. The Morgan fingerprint density at radius 1 is 1.23 bits per heavy atom. The molecule has 3 rings (SSSR count). The molecule has 2 atom stereocenters. The number of carbonyl (C=O) groups is 1. The fourth-order valence-corrected chi connectivity index (χ4v) is 4.25. The summed E-state index contributed by atoms with van der Waals surface area (Å²) in [7, 11) is 1.75. The molecule has 0 aromatic rings. The second-order valence-electron chi connectivity index (χ2n) is 6.99. The molecule has 0 bridgehead atoms. The van der Waals surface area contributed by atoms with Gasteiger partial charge in [-0.3, -0.25) is 9.69 Å². The zero-order valence-corrected chi connectivity index (χ0v) is 13.8. The van der Waals surface area contributed by atoms with Crippen LogP contribution in [0.4, 0.5) is 0 Å². The molecular formula is C17H30N2O3. The summed E-state index contributed by atoms with van der Waals surface area (Å²) in [5, 5.41) is 0. The molecule has 0 aromatic heterocycles. The van der Waals surface area contributed by atoms with E-state index in [-0.39, 0.29) is 0 Å². The lowest BCUT2D eigenvalue weighted by Crippen LogP contribution is -2.61. The second-order valence-corrected chi connectivity index (χ2v) is 6.99. The van der Waals surface area contributed by atoms with Crippen molar-refractivity contribution in [1.82, 2.24) is 9.80 Å². The number of methoxy groups -OCH3 is 1. The number of morpholine rings is 1. The quantitative estimate of drug-likeness (QED) is 0.772. The molecule has 5 heteroatoms. The van der Waals surface area contributed by atoms with Crippen LogP contribution in [-0.2, 0) is 14.3 Å². The summed E-state index contributed by atoms with van der Waals surface area (Å²) in [5.41, 5.74) is 0. The molecule has 2 heterocycles. The van der Waals surface area contributed by atoms with Crippen LogP contribution in [0.2, 0.25) is 0 Å². The predicted octanol–water partition coefficient (Wildman–Crippen LogP) is 1.51. The topological polar surface area (TPSA) is 42.0 Å². The first kappa shape index (κ1) is 16.2. The third-order valence-corrected chi connectivity index (χ3v) is 5.57. The summed E-state index contributed by atoms with van der Waals surface area (Å²) in [6, 6.07) is 0.352. The first-order valence-electron chi connectivity index (χ1n) is 8.90. The smallest absolute Gasteiger partial charge is 0.222 e. The van der Waals surface area contributed by atoms with Crippen LogP contribution in [0.3, 0.4) is 0 Å². The largest absolute Gasteiger partial charge is 0.383 e. The molecule has 22 heavy (non-hydrogen) atoms. The van der Waals surface area contributed by atoms with E-state index < -0.39 is 0 Å². The highest BCUT2D eigenvalue weighted by atomic mass is 16.5. The number of piperidine rings is 1. The van der Waals surface area contributed by atoms with Crippen molar-refractivity contribution in [3.05, 3.63) is 0 Å². The summed E-state index contributed by atoms with van der Waals surface area (Å²) in [6.07, 6.45) is 7.13. The Kier molecular flexibility index (Phi) is 5.71. The lowest BCUT2D eigenvalue weighted by atomic mass is 9.97. The van der Waals surface area contributed by atoms with Gasteiger partial charge in [-0.2, -0.15) is 0 Å². The highest BCUT2D eigenvalue weighted by Crippen LogP contribution is 2.29. The normalized spacial score (nSPS) is 30.5. The molecule has 0 spiro atoms. The van der Waals surface area contributed by atoms with E-state index in [9.17, 15) is 4.79 Å². The molecule has 5 nitrogen and oxygen atoms in total. The minimum atomic E-state index is 0.293. The molecule has 0 radical (unpaired) electrons. The zero-order valence-electron chi connectivity index (χ0n) is 13.8. The Balaban J connectivity index is 1.55. The van der Waals surface area contributed by atoms with Gasteiger partial charge in [0.05, 0.1) is 25.4 Å². The van der Waals surface area contributed by atoms with Crippen LogP contribution < -0.4 is 0 Å². The number of hydrogen-bond acceptors (Lipinski definition) is 4. The summed E-state index contributed by atoms with van der Waals surface area (Å²) >= 11 is 0. The van der Waals surface area contributed by atoms with Gasteiger partial charge in [-0.05, 0) is 25.2 Å². The van der Waals surface area contributed by atoms with Crippen molar-refractivity contribution in [3.63, 3.8) is 0 Å². The Hall–Kier alpha value is -0.650. The first-order chi connectivity index (χ1) is 10.8. The maximum absolute atomic E-state index is 12.6. The van der Waals surface area contributed by atoms with Crippen molar-refractivity contribution in [2.45, 2.75) is 50.7 Å². The molecule has 1 aliphatic carbocycles. The number of nitrogens with zero attached hydrogens (tertiary/aromatic N) is 2. The van der Waals surface area contributed by atoms with Crippen LogP contribution in [-0.4, -0.2) is 74.4 Å². The molecule has 3 fully saturated rings. The molecule has 0 unspecified atom stereocenters. The van der Waals surface area contributed by atoms with Crippen LogP contribution in [0.1, 0.15) is 38.5 Å². The van der Waals surface area contributed by atoms with E-state index in [2.05, 4.69) is 9.80 Å². The Morgan fingerprint density at radius 3 is 2.82 bits per heavy atom. The highest BCUT2D eigenvalue weighted by Gasteiger charge is 2.38. The second kappa shape index (κ2) is 7.75. The first-order valence-corrected chi connectivity index (χ1v) is 8.90. The predicted molar refractivity (Wildman–Crippen MR) is 84.7 cm³/mol. The van der Waals surface area contributed by atoms with Crippen molar-refractivity contribution in [2.24, 2.45) is 5.92 Å². The van der Waals surface area contributed by atoms with Gasteiger partial charge in [0, 0.05) is 39.7 Å². The molecule has 0 N–H and O–H groups in total. The van der Waals surface area contributed by atoms with Crippen molar-refractivity contribution >= 4 is 5.91 Å². The van der Waals surface area contributed by atoms with Crippen molar-refractivity contribution in [1.29, 1.82) is 0 Å². The van der Waals surface area contributed by atoms with Gasteiger partial charge in [-0.1, -0.05) is 12.8 Å². The number of ether oxygens (including phenoxy) is 2. The maximum Gasteiger partial charge on any atom is 0.222 e. The Bertz CT molecular complexity index is 371. The average molecular weight is 310 g/mol. The van der Waals surface area contributed by atoms with E-state index in [1.807, 2.05) is 0 Å². The standard InChI is InChI=1S/C17H30N2O3/c1-21-10-8-18-9-11-22-16-6-7-19(13-15(16)18)17(20)12-14-4-2-3-5-14/h14-16H,2-13H2,1H3/t15-,16-/m0/s1. The minimum Gasteiger partial charge on any atom is -0.383 e. The third kappa shape index (κ3) is 3.81. The lowest BCUT2D eigenvalue weighted by molar-refractivity contribution is -0.144. The number of amides is 1. The van der Waals surface area contributed by atoms with Gasteiger partial charge in [0.2, 0.25) is 5.91 Å². The van der Waals surface area contributed by atoms with E-state index in [1.165, 1.54) is 25.7 Å². The number of fused-ring (bicyclic) bond motifs is 1. The Morgan fingerprint density at radius 2 is 2.05 bits per heavy atom. The lowest BCUT2D eigenvalue weighted by Gasteiger charge is -2.47. The summed E-state index contributed by atoms with van der Waals surface area (Å²) in [4.78, 5) is 17.1. The van der Waals surface area contributed by atoms with Gasteiger partial charge in [-0.25, -0.2) is 0 Å². The van der Waals surface area contributed by atoms with Crippen LogP contribution in [0.5, 0.6) is 0 Å². The van der Waals surface area contributed by atoms with Crippen molar-refractivity contribution in [2.75, 3.05) is 46.5 Å². The molecule has 2 aliphatic heterocycles. The summed E-state index contributed by atoms with van der Waals surface area (Å²) in [5.74, 6) is 1.00. The van der Waals surface area contributed by atoms with Gasteiger partial charge < -0.3 is 14.4 Å². The molecular weight excluding hydrogens is 280 g/mol. The van der Waals surface area contributed by atoms with Gasteiger partial charge in [0.25, 0.3) is 0 Å². The van der Waals surface area contributed by atoms with Crippen LogP contribution in [0.25, 0.3) is 0 Å². The van der Waals surface area contributed by atoms with Crippen molar-refractivity contribution in [3.8, 4) is 0 Å². The van der Waals surface area contributed by atoms with E-state index in [4.69, 9.17) is 9.47 Å². The average Bonchev–Trinajstić information content (AvgIpc) is 3.05. The SMILES string of the molecule is COCCN1CCO[C@H]2CCN(C(=O)CC3CCCC3)C[C@@H]21. The van der Waals surface area contributed by atoms with Crippen LogP contribution >= 0.6 is 0 Å².